The van der Waals surface area contributed by atoms with Crippen molar-refractivity contribution >= 4 is 38.3 Å². The molecular formula is C17H17N7O3S. The predicted molar refractivity (Wildman–Crippen MR) is 103 cm³/mol. The maximum absolute atomic E-state index is 12.4. The zero-order valence-corrected chi connectivity index (χ0v) is 16.1. The van der Waals surface area contributed by atoms with Gasteiger partial charge in [-0.2, -0.15) is 15.3 Å². The number of morpholine rings is 1. The first kappa shape index (κ1) is 18.1. The van der Waals surface area contributed by atoms with E-state index in [9.17, 15) is 10.1 Å². The minimum Gasteiger partial charge on any atom is -0.479 e. The quantitative estimate of drug-likeness (QED) is 0.699. The summed E-state index contributed by atoms with van der Waals surface area (Å²) in [5.41, 5.74) is 1.90. The average Bonchev–Trinajstić information content (AvgIpc) is 3.33. The van der Waals surface area contributed by atoms with E-state index in [2.05, 4.69) is 31.4 Å². The predicted octanol–water partition coefficient (Wildman–Crippen LogP) is 1.39. The van der Waals surface area contributed by atoms with E-state index in [0.717, 1.165) is 4.70 Å². The fourth-order valence-corrected chi connectivity index (χ4v) is 4.03. The third-order valence-electron chi connectivity index (χ3n) is 4.30. The lowest BCUT2D eigenvalue weighted by molar-refractivity contribution is 0.102. The highest BCUT2D eigenvalue weighted by Crippen LogP contribution is 2.40. The molecule has 1 aliphatic rings. The minimum atomic E-state index is -0.312. The van der Waals surface area contributed by atoms with Gasteiger partial charge in [-0.3, -0.25) is 14.8 Å². The first-order chi connectivity index (χ1) is 13.6. The summed E-state index contributed by atoms with van der Waals surface area (Å²) in [4.78, 5) is 23.3. The van der Waals surface area contributed by atoms with Gasteiger partial charge in [0.1, 0.15) is 11.6 Å². The van der Waals surface area contributed by atoms with E-state index in [1.807, 2.05) is 0 Å². The number of nitrogens with one attached hydrogen (secondary N) is 1. The summed E-state index contributed by atoms with van der Waals surface area (Å²) < 4.78 is 13.0. The van der Waals surface area contributed by atoms with Crippen LogP contribution in [0, 0.1) is 11.3 Å². The van der Waals surface area contributed by atoms with Crippen molar-refractivity contribution in [2.75, 3.05) is 43.6 Å². The van der Waals surface area contributed by atoms with Crippen LogP contribution in [0.3, 0.4) is 0 Å². The Labute approximate surface area is 164 Å². The smallest absolute Gasteiger partial charge is 0.260 e. The number of carbonyl (C=O) groups is 1. The molecule has 3 aromatic rings. The molecule has 1 N–H and O–H groups in total. The largest absolute Gasteiger partial charge is 0.479 e. The van der Waals surface area contributed by atoms with E-state index in [1.54, 1.807) is 17.9 Å². The van der Waals surface area contributed by atoms with Crippen LogP contribution in [0.25, 0.3) is 10.2 Å². The summed E-state index contributed by atoms with van der Waals surface area (Å²) in [6.07, 6.45) is 3.11. The number of aromatic nitrogens is 4. The summed E-state index contributed by atoms with van der Waals surface area (Å²) in [6, 6.07) is 2.15. The molecule has 28 heavy (non-hydrogen) atoms. The number of hydrogen-bond donors (Lipinski definition) is 1. The maximum Gasteiger partial charge on any atom is 0.260 e. The maximum atomic E-state index is 12.4. The summed E-state index contributed by atoms with van der Waals surface area (Å²) in [5.74, 6) is -0.0609. The average molecular weight is 399 g/mol. The molecule has 144 valence electrons. The van der Waals surface area contributed by atoms with E-state index in [0.29, 0.717) is 48.2 Å². The van der Waals surface area contributed by atoms with Crippen molar-refractivity contribution in [3.8, 4) is 11.9 Å². The van der Waals surface area contributed by atoms with Gasteiger partial charge in [-0.05, 0) is 0 Å². The third kappa shape index (κ3) is 3.23. The van der Waals surface area contributed by atoms with Crippen LogP contribution in [0.2, 0.25) is 0 Å². The number of pyridine rings is 1. The number of ether oxygens (including phenoxy) is 2. The summed E-state index contributed by atoms with van der Waals surface area (Å²) >= 11 is 1.28. The lowest BCUT2D eigenvalue weighted by Crippen LogP contribution is -2.36. The molecule has 0 radical (unpaired) electrons. The zero-order chi connectivity index (χ0) is 19.7. The van der Waals surface area contributed by atoms with Crippen LogP contribution < -0.4 is 15.0 Å². The van der Waals surface area contributed by atoms with Crippen molar-refractivity contribution in [1.82, 2.24) is 19.7 Å². The van der Waals surface area contributed by atoms with Crippen LogP contribution >= 0.6 is 11.3 Å². The van der Waals surface area contributed by atoms with Gasteiger partial charge in [0, 0.05) is 26.3 Å². The number of carbonyl (C=O) groups excluding carboxylic acids is 1. The molecule has 4 heterocycles. The molecule has 0 bridgehead atoms. The van der Waals surface area contributed by atoms with Gasteiger partial charge in [0.25, 0.3) is 5.91 Å². The molecule has 1 saturated heterocycles. The molecule has 11 heteroatoms. The Bertz CT molecular complexity index is 1080. The van der Waals surface area contributed by atoms with Crippen molar-refractivity contribution < 1.29 is 14.3 Å². The van der Waals surface area contributed by atoms with Crippen molar-refractivity contribution in [3.05, 3.63) is 23.7 Å². The topological polar surface area (TPSA) is 118 Å². The van der Waals surface area contributed by atoms with Gasteiger partial charge >= 0.3 is 0 Å². The first-order valence-electron chi connectivity index (χ1n) is 8.52. The van der Waals surface area contributed by atoms with Gasteiger partial charge in [-0.15, -0.1) is 0 Å². The van der Waals surface area contributed by atoms with E-state index in [4.69, 9.17) is 9.47 Å². The number of hydrogen-bond acceptors (Lipinski definition) is 9. The molecule has 3 aromatic heterocycles. The SMILES string of the molecule is COc1nc(C#N)c(N2CCOCC2)c2sc(NC(=O)c3cnn(C)c3)nc12. The Morgan fingerprint density at radius 1 is 1.39 bits per heavy atom. The second-order valence-corrected chi connectivity index (χ2v) is 7.08. The van der Waals surface area contributed by atoms with Crippen LogP contribution in [0.4, 0.5) is 10.8 Å². The molecule has 1 amide bonds. The Morgan fingerprint density at radius 2 is 2.18 bits per heavy atom. The summed E-state index contributed by atoms with van der Waals surface area (Å²) in [7, 11) is 3.22. The molecule has 10 nitrogen and oxygen atoms in total. The van der Waals surface area contributed by atoms with Gasteiger partial charge in [-0.1, -0.05) is 11.3 Å². The van der Waals surface area contributed by atoms with Gasteiger partial charge in [0.15, 0.2) is 10.8 Å². The molecule has 0 unspecified atom stereocenters. The van der Waals surface area contributed by atoms with Gasteiger partial charge < -0.3 is 14.4 Å². The van der Waals surface area contributed by atoms with E-state index >= 15 is 0 Å². The number of aryl methyl sites for hydroxylation is 1. The zero-order valence-electron chi connectivity index (χ0n) is 15.3. The number of thiazole rings is 1. The molecule has 0 saturated carbocycles. The van der Waals surface area contributed by atoms with Gasteiger partial charge in [0.2, 0.25) is 5.88 Å². The number of rotatable bonds is 4. The molecule has 0 atom stereocenters. The molecule has 0 aliphatic carbocycles. The molecule has 4 rings (SSSR count). The molecule has 1 aliphatic heterocycles. The van der Waals surface area contributed by atoms with E-state index in [-0.39, 0.29) is 17.5 Å². The second kappa shape index (κ2) is 7.41. The number of amides is 1. The van der Waals surface area contributed by atoms with Gasteiger partial charge in [-0.25, -0.2) is 4.98 Å². The van der Waals surface area contributed by atoms with E-state index < -0.39 is 0 Å². The molecule has 1 fully saturated rings. The van der Waals surface area contributed by atoms with Crippen molar-refractivity contribution in [2.24, 2.45) is 7.05 Å². The normalized spacial score (nSPS) is 14.1. The first-order valence-corrected chi connectivity index (χ1v) is 9.33. The number of nitrogens with zero attached hydrogens (tertiary/aromatic N) is 6. The number of methoxy groups -OCH3 is 1. The third-order valence-corrected chi connectivity index (χ3v) is 5.27. The Hall–Kier alpha value is -3.23. The number of anilines is 2. The minimum absolute atomic E-state index is 0.252. The highest BCUT2D eigenvalue weighted by atomic mass is 32.1. The summed E-state index contributed by atoms with van der Waals surface area (Å²) in [6.45, 7) is 2.43. The van der Waals surface area contributed by atoms with Crippen LogP contribution in [0.1, 0.15) is 16.1 Å². The van der Waals surface area contributed by atoms with Crippen LogP contribution in [0.5, 0.6) is 5.88 Å². The van der Waals surface area contributed by atoms with Crippen molar-refractivity contribution in [1.29, 1.82) is 5.26 Å². The Kier molecular flexibility index (Phi) is 4.81. The molecule has 0 aromatic carbocycles. The van der Waals surface area contributed by atoms with Crippen LogP contribution in [-0.2, 0) is 11.8 Å². The van der Waals surface area contributed by atoms with Gasteiger partial charge in [0.05, 0.1) is 42.5 Å². The fraction of sp³-hybridized carbons (Fsp3) is 0.353. The monoisotopic (exact) mass is 399 g/mol. The van der Waals surface area contributed by atoms with E-state index in [1.165, 1.54) is 24.6 Å². The molecule has 0 spiro atoms. The lowest BCUT2D eigenvalue weighted by Gasteiger charge is -2.29. The van der Waals surface area contributed by atoms with Crippen molar-refractivity contribution in [3.63, 3.8) is 0 Å². The van der Waals surface area contributed by atoms with Crippen LogP contribution in [-0.4, -0.2) is 59.1 Å². The van der Waals surface area contributed by atoms with Crippen molar-refractivity contribution in [2.45, 2.75) is 0 Å². The summed E-state index contributed by atoms with van der Waals surface area (Å²) in [5, 5.41) is 16.8. The number of fused-ring (bicyclic) bond motifs is 1. The lowest BCUT2D eigenvalue weighted by atomic mass is 10.2. The number of nitriles is 1. The highest BCUT2D eigenvalue weighted by molar-refractivity contribution is 7.23. The van der Waals surface area contributed by atoms with Crippen LogP contribution in [0.15, 0.2) is 12.4 Å². The Balaban J connectivity index is 1.78. The second-order valence-electron chi connectivity index (χ2n) is 6.08. The molecular weight excluding hydrogens is 382 g/mol. The highest BCUT2D eigenvalue weighted by Gasteiger charge is 2.25. The standard InChI is InChI=1S/C17H17N7O3S/c1-23-9-10(8-19-23)15(25)22-17-21-12-14(28-17)13(24-3-5-27-6-4-24)11(7-18)20-16(12)26-2/h8-9H,3-6H2,1-2H3,(H,21,22,25). The Morgan fingerprint density at radius 3 is 2.82 bits per heavy atom. The fourth-order valence-electron chi connectivity index (χ4n) is 3.00.